The quantitative estimate of drug-likeness (QED) is 0.823. The van der Waals surface area contributed by atoms with Crippen LogP contribution in [0.2, 0.25) is 0 Å². The van der Waals surface area contributed by atoms with E-state index in [1.165, 1.54) is 0 Å². The first-order chi connectivity index (χ1) is 6.87. The zero-order valence-electron chi connectivity index (χ0n) is 9.79. The molecule has 1 aromatic rings. The van der Waals surface area contributed by atoms with Gasteiger partial charge in [-0.25, -0.2) is 4.98 Å². The highest BCUT2D eigenvalue weighted by molar-refractivity contribution is 5.21. The molecule has 1 heterocycles. The van der Waals surface area contributed by atoms with Crippen LogP contribution >= 0.6 is 0 Å². The van der Waals surface area contributed by atoms with Gasteiger partial charge in [-0.05, 0) is 33.3 Å². The number of nitrogens with zero attached hydrogens (tertiary/aromatic N) is 1. The van der Waals surface area contributed by atoms with Gasteiger partial charge in [-0.3, -0.25) is 0 Å². The number of aryl methyl sites for hydroxylation is 2. The van der Waals surface area contributed by atoms with E-state index in [0.29, 0.717) is 18.9 Å². The van der Waals surface area contributed by atoms with Gasteiger partial charge in [-0.15, -0.1) is 0 Å². The molecule has 1 radical (unpaired) electrons. The Morgan fingerprint density at radius 2 is 2.13 bits per heavy atom. The van der Waals surface area contributed by atoms with Crippen LogP contribution in [0.1, 0.15) is 31.5 Å². The fourth-order valence-electron chi connectivity index (χ4n) is 1.21. The Bertz CT molecular complexity index is 309. The first kappa shape index (κ1) is 12.0. The third-order valence-corrected chi connectivity index (χ3v) is 1.96. The van der Waals surface area contributed by atoms with Gasteiger partial charge in [0.25, 0.3) is 0 Å². The standard InChI is InChI=1S/C12H18NO2/c1-9-7-10(2)13-11(8-9)15-6-5-12(3,4)14/h8,14H,5-6H2,1-4H3. The molecule has 0 fully saturated rings. The summed E-state index contributed by atoms with van der Waals surface area (Å²) in [6, 6.07) is 4.92. The highest BCUT2D eigenvalue weighted by atomic mass is 16.5. The molecule has 0 aliphatic heterocycles. The summed E-state index contributed by atoms with van der Waals surface area (Å²) in [4.78, 5) is 4.19. The van der Waals surface area contributed by atoms with Gasteiger partial charge in [0.1, 0.15) is 0 Å². The second-order valence-electron chi connectivity index (χ2n) is 4.40. The van der Waals surface area contributed by atoms with Crippen LogP contribution in [0.4, 0.5) is 0 Å². The maximum atomic E-state index is 9.50. The van der Waals surface area contributed by atoms with Crippen molar-refractivity contribution in [3.8, 4) is 5.88 Å². The molecule has 1 N–H and O–H groups in total. The number of hydrogen-bond donors (Lipinski definition) is 1. The molecule has 0 saturated heterocycles. The molecule has 1 rings (SSSR count). The molecule has 0 bridgehead atoms. The minimum atomic E-state index is -0.689. The summed E-state index contributed by atoms with van der Waals surface area (Å²) < 4.78 is 5.45. The zero-order chi connectivity index (χ0) is 11.5. The van der Waals surface area contributed by atoms with Crippen LogP contribution in [0.25, 0.3) is 0 Å². The average Bonchev–Trinajstić information content (AvgIpc) is 1.99. The molecule has 15 heavy (non-hydrogen) atoms. The molecule has 0 aromatic carbocycles. The van der Waals surface area contributed by atoms with Crippen LogP contribution in [0.15, 0.2) is 6.07 Å². The molecule has 1 aromatic heterocycles. The Labute approximate surface area is 91.1 Å². The van der Waals surface area contributed by atoms with Gasteiger partial charge >= 0.3 is 0 Å². The summed E-state index contributed by atoms with van der Waals surface area (Å²) in [5, 5.41) is 9.50. The predicted octanol–water partition coefficient (Wildman–Crippen LogP) is 2.04. The molecule has 3 heteroatoms. The number of ether oxygens (including phenoxy) is 1. The molecule has 0 amide bonds. The zero-order valence-corrected chi connectivity index (χ0v) is 9.79. The van der Waals surface area contributed by atoms with Crippen LogP contribution in [0.3, 0.4) is 0 Å². The van der Waals surface area contributed by atoms with Crippen molar-refractivity contribution in [2.45, 2.75) is 39.7 Å². The number of aromatic nitrogens is 1. The van der Waals surface area contributed by atoms with Crippen LogP contribution in [-0.4, -0.2) is 22.3 Å². The summed E-state index contributed by atoms with van der Waals surface area (Å²) >= 11 is 0. The van der Waals surface area contributed by atoms with E-state index in [2.05, 4.69) is 11.1 Å². The second-order valence-corrected chi connectivity index (χ2v) is 4.40. The van der Waals surface area contributed by atoms with E-state index < -0.39 is 5.60 Å². The van der Waals surface area contributed by atoms with Gasteiger partial charge in [0.15, 0.2) is 0 Å². The highest BCUT2D eigenvalue weighted by Gasteiger charge is 2.12. The van der Waals surface area contributed by atoms with E-state index >= 15 is 0 Å². The first-order valence-corrected chi connectivity index (χ1v) is 5.09. The van der Waals surface area contributed by atoms with Gasteiger partial charge in [0.2, 0.25) is 5.88 Å². The minimum absolute atomic E-state index is 0.472. The Hall–Kier alpha value is -1.09. The van der Waals surface area contributed by atoms with Crippen molar-refractivity contribution in [2.24, 2.45) is 0 Å². The van der Waals surface area contributed by atoms with E-state index in [1.54, 1.807) is 13.8 Å². The topological polar surface area (TPSA) is 42.4 Å². The number of aliphatic hydroxyl groups is 1. The maximum Gasteiger partial charge on any atom is 0.213 e. The van der Waals surface area contributed by atoms with E-state index in [0.717, 1.165) is 11.3 Å². The molecule has 0 aliphatic rings. The van der Waals surface area contributed by atoms with E-state index in [4.69, 9.17) is 4.74 Å². The summed E-state index contributed by atoms with van der Waals surface area (Å²) in [6.07, 6.45) is 0.589. The van der Waals surface area contributed by atoms with Gasteiger partial charge in [-0.2, -0.15) is 0 Å². The van der Waals surface area contributed by atoms with E-state index in [-0.39, 0.29) is 0 Å². The van der Waals surface area contributed by atoms with Crippen molar-refractivity contribution < 1.29 is 9.84 Å². The van der Waals surface area contributed by atoms with Crippen molar-refractivity contribution in [2.75, 3.05) is 6.61 Å². The van der Waals surface area contributed by atoms with Crippen LogP contribution in [0, 0.1) is 19.9 Å². The van der Waals surface area contributed by atoms with E-state index in [9.17, 15) is 5.11 Å². The number of hydrogen-bond acceptors (Lipinski definition) is 3. The van der Waals surface area contributed by atoms with Crippen molar-refractivity contribution >= 4 is 0 Å². The summed E-state index contributed by atoms with van der Waals surface area (Å²) in [7, 11) is 0. The van der Waals surface area contributed by atoms with Gasteiger partial charge < -0.3 is 9.84 Å². The number of rotatable bonds is 4. The fourth-order valence-corrected chi connectivity index (χ4v) is 1.21. The smallest absolute Gasteiger partial charge is 0.213 e. The lowest BCUT2D eigenvalue weighted by Crippen LogP contribution is -2.22. The molecule has 0 aliphatic carbocycles. The highest BCUT2D eigenvalue weighted by Crippen LogP contribution is 2.13. The maximum absolute atomic E-state index is 9.50. The molecule has 3 nitrogen and oxygen atoms in total. The third kappa shape index (κ3) is 4.79. The Morgan fingerprint density at radius 1 is 1.47 bits per heavy atom. The lowest BCUT2D eigenvalue weighted by molar-refractivity contribution is 0.0547. The van der Waals surface area contributed by atoms with Crippen LogP contribution in [0.5, 0.6) is 5.88 Å². The Balaban J connectivity index is 2.51. The molecular weight excluding hydrogens is 190 g/mol. The summed E-state index contributed by atoms with van der Waals surface area (Å²) in [6.45, 7) is 7.84. The minimum Gasteiger partial charge on any atom is -0.478 e. The van der Waals surface area contributed by atoms with Crippen molar-refractivity contribution in [1.29, 1.82) is 0 Å². The SMILES string of the molecule is Cc1[c]c(C)nc(OCCC(C)(C)O)c1. The predicted molar refractivity (Wildman–Crippen MR) is 59.0 cm³/mol. The third-order valence-electron chi connectivity index (χ3n) is 1.96. The molecule has 0 atom stereocenters. The Kier molecular flexibility index (Phi) is 3.69. The van der Waals surface area contributed by atoms with Crippen molar-refractivity contribution in [3.05, 3.63) is 23.4 Å². The van der Waals surface area contributed by atoms with Crippen LogP contribution < -0.4 is 4.74 Å². The van der Waals surface area contributed by atoms with Crippen LogP contribution in [-0.2, 0) is 0 Å². The number of pyridine rings is 1. The van der Waals surface area contributed by atoms with Gasteiger partial charge in [-0.1, -0.05) is 0 Å². The summed E-state index contributed by atoms with van der Waals surface area (Å²) in [5.41, 5.74) is 1.15. The Morgan fingerprint density at radius 3 is 2.67 bits per heavy atom. The van der Waals surface area contributed by atoms with E-state index in [1.807, 2.05) is 19.9 Å². The molecule has 0 unspecified atom stereocenters. The van der Waals surface area contributed by atoms with Gasteiger partial charge in [0, 0.05) is 24.2 Å². The lowest BCUT2D eigenvalue weighted by Gasteiger charge is -2.16. The summed E-state index contributed by atoms with van der Waals surface area (Å²) in [5.74, 6) is 0.605. The molecule has 0 spiro atoms. The largest absolute Gasteiger partial charge is 0.478 e. The first-order valence-electron chi connectivity index (χ1n) is 5.09. The average molecular weight is 208 g/mol. The second kappa shape index (κ2) is 4.62. The molecule has 0 saturated carbocycles. The lowest BCUT2D eigenvalue weighted by atomic mass is 10.1. The molecule has 83 valence electrons. The van der Waals surface area contributed by atoms with Crippen molar-refractivity contribution in [1.82, 2.24) is 4.98 Å². The monoisotopic (exact) mass is 208 g/mol. The molecular formula is C12H18NO2. The van der Waals surface area contributed by atoms with Crippen molar-refractivity contribution in [3.63, 3.8) is 0 Å². The normalized spacial score (nSPS) is 11.5. The van der Waals surface area contributed by atoms with Gasteiger partial charge in [0.05, 0.1) is 12.2 Å². The fraction of sp³-hybridized carbons (Fsp3) is 0.583.